The predicted molar refractivity (Wildman–Crippen MR) is 75.4 cm³/mol. The Morgan fingerprint density at radius 3 is 2.05 bits per heavy atom. The van der Waals surface area contributed by atoms with E-state index >= 15 is 0 Å². The number of esters is 1. The van der Waals surface area contributed by atoms with E-state index in [1.807, 2.05) is 30.3 Å². The first-order valence-corrected chi connectivity index (χ1v) is 6.29. The Kier molecular flexibility index (Phi) is 4.71. The van der Waals surface area contributed by atoms with E-state index in [9.17, 15) is 4.79 Å². The molecule has 0 saturated carbocycles. The van der Waals surface area contributed by atoms with Gasteiger partial charge in [0.05, 0.1) is 27.4 Å². The van der Waals surface area contributed by atoms with Gasteiger partial charge in [-0.1, -0.05) is 30.3 Å². The molecule has 21 heavy (non-hydrogen) atoms. The Balaban J connectivity index is 2.54. The van der Waals surface area contributed by atoms with Crippen molar-refractivity contribution in [1.82, 2.24) is 9.97 Å². The molecule has 0 spiro atoms. The number of ether oxygens (including phenoxy) is 3. The molecule has 0 fully saturated rings. The van der Waals surface area contributed by atoms with Crippen molar-refractivity contribution >= 4 is 5.97 Å². The van der Waals surface area contributed by atoms with Crippen LogP contribution in [0.3, 0.4) is 0 Å². The zero-order valence-corrected chi connectivity index (χ0v) is 12.1. The summed E-state index contributed by atoms with van der Waals surface area (Å²) in [5, 5.41) is 0. The molecule has 0 amide bonds. The van der Waals surface area contributed by atoms with E-state index < -0.39 is 11.9 Å². The largest absolute Gasteiger partial charge is 0.481 e. The summed E-state index contributed by atoms with van der Waals surface area (Å²) in [7, 11) is 4.30. The Morgan fingerprint density at radius 1 is 1.00 bits per heavy atom. The first kappa shape index (κ1) is 14.8. The number of benzene rings is 1. The molecule has 1 heterocycles. The molecule has 0 N–H and O–H groups in total. The van der Waals surface area contributed by atoms with Gasteiger partial charge in [0.25, 0.3) is 0 Å². The van der Waals surface area contributed by atoms with Gasteiger partial charge in [0, 0.05) is 0 Å². The van der Waals surface area contributed by atoms with Crippen LogP contribution in [0.1, 0.15) is 17.3 Å². The van der Waals surface area contributed by atoms with Gasteiger partial charge in [0.15, 0.2) is 5.82 Å². The maximum absolute atomic E-state index is 12.1. The third-order valence-electron chi connectivity index (χ3n) is 2.94. The molecule has 0 aliphatic rings. The van der Waals surface area contributed by atoms with Gasteiger partial charge in [-0.05, 0) is 5.56 Å². The lowest BCUT2D eigenvalue weighted by Crippen LogP contribution is -2.19. The minimum absolute atomic E-state index is 0.268. The number of aromatic nitrogens is 2. The molecule has 1 unspecified atom stereocenters. The zero-order chi connectivity index (χ0) is 15.2. The lowest BCUT2D eigenvalue weighted by atomic mass is 9.98. The molecule has 1 aromatic carbocycles. The van der Waals surface area contributed by atoms with E-state index in [0.29, 0.717) is 11.8 Å². The zero-order valence-electron chi connectivity index (χ0n) is 12.1. The number of hydrogen-bond donors (Lipinski definition) is 0. The first-order valence-electron chi connectivity index (χ1n) is 6.29. The van der Waals surface area contributed by atoms with Crippen molar-refractivity contribution < 1.29 is 19.0 Å². The van der Waals surface area contributed by atoms with Crippen LogP contribution in [0.5, 0.6) is 11.8 Å². The maximum atomic E-state index is 12.1. The van der Waals surface area contributed by atoms with Crippen molar-refractivity contribution in [2.75, 3.05) is 21.3 Å². The Labute approximate surface area is 122 Å². The monoisotopic (exact) mass is 288 g/mol. The number of methoxy groups -OCH3 is 3. The van der Waals surface area contributed by atoms with Crippen LogP contribution in [-0.2, 0) is 9.53 Å². The summed E-state index contributed by atoms with van der Waals surface area (Å²) in [4.78, 5) is 20.6. The van der Waals surface area contributed by atoms with Gasteiger partial charge in [0.2, 0.25) is 11.8 Å². The molecular weight excluding hydrogens is 272 g/mol. The van der Waals surface area contributed by atoms with E-state index in [1.165, 1.54) is 21.3 Å². The van der Waals surface area contributed by atoms with Gasteiger partial charge >= 0.3 is 5.97 Å². The topological polar surface area (TPSA) is 70.5 Å². The van der Waals surface area contributed by atoms with E-state index in [0.717, 1.165) is 5.56 Å². The minimum atomic E-state index is -0.736. The number of carbonyl (C=O) groups excluding carboxylic acids is 1. The Morgan fingerprint density at radius 2 is 1.57 bits per heavy atom. The lowest BCUT2D eigenvalue weighted by Gasteiger charge is -2.15. The number of carbonyl (C=O) groups is 1. The second-order valence-corrected chi connectivity index (χ2v) is 4.18. The summed E-state index contributed by atoms with van der Waals surface area (Å²) in [6.45, 7) is 0. The fraction of sp³-hybridized carbons (Fsp3) is 0.267. The van der Waals surface area contributed by atoms with Crippen LogP contribution in [0.4, 0.5) is 0 Å². The molecule has 0 bridgehead atoms. The van der Waals surface area contributed by atoms with E-state index in [2.05, 4.69) is 9.97 Å². The van der Waals surface area contributed by atoms with Crippen molar-refractivity contribution in [3.8, 4) is 11.8 Å². The molecule has 0 aliphatic carbocycles. The highest BCUT2D eigenvalue weighted by Crippen LogP contribution is 2.26. The van der Waals surface area contributed by atoms with Crippen LogP contribution < -0.4 is 9.47 Å². The number of nitrogens with zero attached hydrogens (tertiary/aromatic N) is 2. The molecule has 0 saturated heterocycles. The van der Waals surface area contributed by atoms with E-state index in [-0.39, 0.29) is 5.82 Å². The van der Waals surface area contributed by atoms with Crippen molar-refractivity contribution in [1.29, 1.82) is 0 Å². The fourth-order valence-electron chi connectivity index (χ4n) is 1.91. The SMILES string of the molecule is COC(=O)C(c1ccccc1)c1nc(OC)cc(OC)n1. The third-order valence-corrected chi connectivity index (χ3v) is 2.94. The van der Waals surface area contributed by atoms with Crippen LogP contribution in [0.25, 0.3) is 0 Å². The second-order valence-electron chi connectivity index (χ2n) is 4.18. The van der Waals surface area contributed by atoms with Gasteiger partial charge < -0.3 is 14.2 Å². The lowest BCUT2D eigenvalue weighted by molar-refractivity contribution is -0.141. The predicted octanol–water partition coefficient (Wildman–Crippen LogP) is 1.80. The molecule has 1 aromatic heterocycles. The fourth-order valence-corrected chi connectivity index (χ4v) is 1.91. The molecule has 0 aliphatic heterocycles. The molecule has 6 nitrogen and oxygen atoms in total. The smallest absolute Gasteiger partial charge is 0.320 e. The summed E-state index contributed by atoms with van der Waals surface area (Å²) in [5.41, 5.74) is 0.736. The van der Waals surface area contributed by atoms with Crippen LogP contribution in [0.15, 0.2) is 36.4 Å². The first-order chi connectivity index (χ1) is 10.2. The summed E-state index contributed by atoms with van der Waals surface area (Å²) < 4.78 is 15.1. The van der Waals surface area contributed by atoms with E-state index in [1.54, 1.807) is 6.07 Å². The van der Waals surface area contributed by atoms with Gasteiger partial charge in [0.1, 0.15) is 5.92 Å². The van der Waals surface area contributed by atoms with Crippen LogP contribution in [0, 0.1) is 0 Å². The molecule has 2 aromatic rings. The summed E-state index contributed by atoms with van der Waals surface area (Å²) >= 11 is 0. The highest BCUT2D eigenvalue weighted by atomic mass is 16.5. The Hall–Kier alpha value is -2.63. The van der Waals surface area contributed by atoms with Gasteiger partial charge in [-0.2, -0.15) is 9.97 Å². The summed E-state index contributed by atoms with van der Waals surface area (Å²) in [5.74, 6) is -0.274. The molecule has 1 atom stereocenters. The van der Waals surface area contributed by atoms with Gasteiger partial charge in [-0.25, -0.2) is 0 Å². The molecule has 0 radical (unpaired) electrons. The Bertz CT molecular complexity index is 594. The molecule has 2 rings (SSSR count). The molecule has 6 heteroatoms. The summed E-state index contributed by atoms with van der Waals surface area (Å²) in [6, 6.07) is 10.7. The average molecular weight is 288 g/mol. The van der Waals surface area contributed by atoms with Gasteiger partial charge in [-0.15, -0.1) is 0 Å². The second kappa shape index (κ2) is 6.69. The van der Waals surface area contributed by atoms with Crippen molar-refractivity contribution in [2.24, 2.45) is 0 Å². The quantitative estimate of drug-likeness (QED) is 0.781. The molecular formula is C15H16N2O4. The maximum Gasteiger partial charge on any atom is 0.320 e. The number of hydrogen-bond acceptors (Lipinski definition) is 6. The van der Waals surface area contributed by atoms with Crippen LogP contribution >= 0.6 is 0 Å². The average Bonchev–Trinajstić information content (AvgIpc) is 2.55. The van der Waals surface area contributed by atoms with Crippen molar-refractivity contribution in [2.45, 2.75) is 5.92 Å². The van der Waals surface area contributed by atoms with Crippen LogP contribution in [-0.4, -0.2) is 37.3 Å². The highest BCUT2D eigenvalue weighted by Gasteiger charge is 2.27. The number of rotatable bonds is 5. The minimum Gasteiger partial charge on any atom is -0.481 e. The van der Waals surface area contributed by atoms with Gasteiger partial charge in [-0.3, -0.25) is 4.79 Å². The summed E-state index contributed by atoms with van der Waals surface area (Å²) in [6.07, 6.45) is 0. The highest BCUT2D eigenvalue weighted by molar-refractivity contribution is 5.81. The van der Waals surface area contributed by atoms with Crippen molar-refractivity contribution in [3.05, 3.63) is 47.8 Å². The molecule has 110 valence electrons. The van der Waals surface area contributed by atoms with Crippen LogP contribution in [0.2, 0.25) is 0 Å². The van der Waals surface area contributed by atoms with Crippen molar-refractivity contribution in [3.63, 3.8) is 0 Å². The standard InChI is InChI=1S/C15H16N2O4/c1-19-11-9-12(20-2)17-14(16-11)13(15(18)21-3)10-7-5-4-6-8-10/h4-9,13H,1-3H3. The van der Waals surface area contributed by atoms with E-state index in [4.69, 9.17) is 14.2 Å². The normalized spacial score (nSPS) is 11.6. The third kappa shape index (κ3) is 3.28.